The molecule has 0 saturated carbocycles. The maximum absolute atomic E-state index is 10.2. The van der Waals surface area contributed by atoms with Gasteiger partial charge in [-0.1, -0.05) is 22.3 Å². The Morgan fingerprint density at radius 2 is 1.86 bits per heavy atom. The van der Waals surface area contributed by atoms with Crippen LogP contribution in [0.5, 0.6) is 0 Å². The average molecular weight is 297 g/mol. The van der Waals surface area contributed by atoms with Gasteiger partial charge in [-0.05, 0) is 23.5 Å². The number of ether oxygens (including phenoxy) is 1. The Morgan fingerprint density at radius 1 is 1.24 bits per heavy atom. The zero-order valence-corrected chi connectivity index (χ0v) is 11.4. The fourth-order valence-electron chi connectivity index (χ4n) is 2.21. The van der Waals surface area contributed by atoms with E-state index in [2.05, 4.69) is 30.1 Å². The number of rotatable bonds is 5. The molecular weight excluding hydrogens is 282 g/mol. The van der Waals surface area contributed by atoms with Crippen LogP contribution in [-0.4, -0.2) is 46.3 Å². The molecule has 0 aromatic rings. The Bertz CT molecular complexity index is 519. The lowest BCUT2D eigenvalue weighted by Gasteiger charge is -2.44. The van der Waals surface area contributed by atoms with E-state index in [1.165, 1.54) is 13.8 Å². The van der Waals surface area contributed by atoms with Gasteiger partial charge in [0.25, 0.3) is 0 Å². The van der Waals surface area contributed by atoms with Crippen LogP contribution in [0.1, 0.15) is 20.3 Å². The van der Waals surface area contributed by atoms with Crippen LogP contribution in [0.2, 0.25) is 0 Å². The summed E-state index contributed by atoms with van der Waals surface area (Å²) >= 11 is 0. The first-order valence-electron chi connectivity index (χ1n) is 6.07. The van der Waals surface area contributed by atoms with E-state index in [1.54, 1.807) is 0 Å². The molecule has 12 nitrogen and oxygen atoms in total. The average Bonchev–Trinajstić information content (AvgIpc) is 2.40. The van der Waals surface area contributed by atoms with Crippen molar-refractivity contribution in [2.45, 2.75) is 56.4 Å². The SMILES string of the molecule is CC(N=[N+]=[N-])C(O)C1O[C@@](C)(O)C[C@@H](N=[N+]=[N-])[C@H]1N=[N+]=[N-]. The van der Waals surface area contributed by atoms with Crippen molar-refractivity contribution in [3.63, 3.8) is 0 Å². The summed E-state index contributed by atoms with van der Waals surface area (Å²) in [6.07, 6.45) is -2.62. The summed E-state index contributed by atoms with van der Waals surface area (Å²) in [5.74, 6) is -1.68. The third-order valence-electron chi connectivity index (χ3n) is 3.16. The molecule has 114 valence electrons. The van der Waals surface area contributed by atoms with Gasteiger partial charge in [0.1, 0.15) is 0 Å². The molecule has 1 aliphatic heterocycles. The highest BCUT2D eigenvalue weighted by Crippen LogP contribution is 2.33. The zero-order valence-electron chi connectivity index (χ0n) is 11.4. The van der Waals surface area contributed by atoms with Gasteiger partial charge in [-0.25, -0.2) is 0 Å². The predicted octanol–water partition coefficient (Wildman–Crippen LogP) is 1.90. The van der Waals surface area contributed by atoms with E-state index in [0.717, 1.165) is 0 Å². The standard InChI is InChI=1S/C9H15N9O3/c1-4(13-16-10)7(19)8-6(15-18-12)5(14-17-11)3-9(2,20)21-8/h4-8,19-20H,3H2,1-2H3/t4?,5-,6-,7?,8?,9-/m1/s1. The topological polar surface area (TPSA) is 196 Å². The Kier molecular flexibility index (Phi) is 5.62. The van der Waals surface area contributed by atoms with Gasteiger partial charge >= 0.3 is 0 Å². The van der Waals surface area contributed by atoms with Gasteiger partial charge in [0.15, 0.2) is 5.79 Å². The molecule has 0 aliphatic carbocycles. The van der Waals surface area contributed by atoms with Gasteiger partial charge in [0.2, 0.25) is 0 Å². The van der Waals surface area contributed by atoms with Gasteiger partial charge in [-0.2, -0.15) is 0 Å². The summed E-state index contributed by atoms with van der Waals surface area (Å²) in [6.45, 7) is 2.77. The molecule has 0 aromatic carbocycles. The quantitative estimate of drug-likeness (QED) is 0.444. The largest absolute Gasteiger partial charge is 0.390 e. The molecule has 6 atom stereocenters. The first-order chi connectivity index (χ1) is 9.86. The molecular formula is C9H15N9O3. The van der Waals surface area contributed by atoms with Crippen molar-refractivity contribution in [3.8, 4) is 0 Å². The van der Waals surface area contributed by atoms with Crippen LogP contribution in [0.25, 0.3) is 31.3 Å². The summed E-state index contributed by atoms with van der Waals surface area (Å²) in [6, 6.07) is -2.82. The minimum Gasteiger partial charge on any atom is -0.390 e. The van der Waals surface area contributed by atoms with Crippen molar-refractivity contribution in [2.75, 3.05) is 0 Å². The van der Waals surface area contributed by atoms with E-state index in [9.17, 15) is 10.2 Å². The summed E-state index contributed by atoms with van der Waals surface area (Å²) < 4.78 is 5.32. The normalized spacial score (nSPS) is 34.6. The van der Waals surface area contributed by atoms with E-state index >= 15 is 0 Å². The van der Waals surface area contributed by atoms with Crippen molar-refractivity contribution < 1.29 is 14.9 Å². The molecule has 1 rings (SSSR count). The second-order valence-electron chi connectivity index (χ2n) is 4.87. The van der Waals surface area contributed by atoms with E-state index in [0.29, 0.717) is 0 Å². The molecule has 0 radical (unpaired) electrons. The van der Waals surface area contributed by atoms with Crippen LogP contribution < -0.4 is 0 Å². The van der Waals surface area contributed by atoms with Crippen LogP contribution in [0, 0.1) is 0 Å². The number of nitrogens with zero attached hydrogens (tertiary/aromatic N) is 9. The highest BCUT2D eigenvalue weighted by atomic mass is 16.6. The summed E-state index contributed by atoms with van der Waals surface area (Å²) in [4.78, 5) is 7.86. The van der Waals surface area contributed by atoms with E-state index in [-0.39, 0.29) is 6.42 Å². The first kappa shape index (κ1) is 16.9. The first-order valence-corrected chi connectivity index (χ1v) is 6.07. The van der Waals surface area contributed by atoms with Crippen LogP contribution in [0.3, 0.4) is 0 Å². The third kappa shape index (κ3) is 4.14. The number of azide groups is 3. The maximum Gasteiger partial charge on any atom is 0.163 e. The number of hydrogen-bond donors (Lipinski definition) is 2. The van der Waals surface area contributed by atoms with Crippen LogP contribution in [0.4, 0.5) is 0 Å². The molecule has 0 bridgehead atoms. The van der Waals surface area contributed by atoms with Gasteiger partial charge in [0.05, 0.1) is 30.3 Å². The number of aliphatic hydroxyl groups excluding tert-OH is 1. The summed E-state index contributed by atoms with van der Waals surface area (Å²) in [5.41, 5.74) is 25.6. The molecule has 2 N–H and O–H groups in total. The minimum absolute atomic E-state index is 0.0974. The molecule has 0 aromatic heterocycles. The predicted molar refractivity (Wildman–Crippen MR) is 70.6 cm³/mol. The molecule has 1 aliphatic rings. The lowest BCUT2D eigenvalue weighted by atomic mass is 9.88. The Morgan fingerprint density at radius 3 is 2.38 bits per heavy atom. The van der Waals surface area contributed by atoms with Crippen LogP contribution in [0.15, 0.2) is 15.3 Å². The molecule has 1 fully saturated rings. The fraction of sp³-hybridized carbons (Fsp3) is 1.00. The molecule has 1 heterocycles. The van der Waals surface area contributed by atoms with E-state index in [1.807, 2.05) is 0 Å². The number of aliphatic hydroxyl groups is 2. The second-order valence-corrected chi connectivity index (χ2v) is 4.87. The zero-order chi connectivity index (χ0) is 16.0. The lowest BCUT2D eigenvalue weighted by molar-refractivity contribution is -0.268. The molecule has 12 heteroatoms. The highest BCUT2D eigenvalue weighted by Gasteiger charge is 2.47. The van der Waals surface area contributed by atoms with Crippen molar-refractivity contribution in [1.29, 1.82) is 0 Å². The van der Waals surface area contributed by atoms with Gasteiger partial charge < -0.3 is 14.9 Å². The van der Waals surface area contributed by atoms with Gasteiger partial charge in [-0.15, -0.1) is 0 Å². The maximum atomic E-state index is 10.2. The lowest BCUT2D eigenvalue weighted by Crippen LogP contribution is -2.57. The van der Waals surface area contributed by atoms with Gasteiger partial charge in [-0.3, -0.25) is 0 Å². The molecule has 3 unspecified atom stereocenters. The smallest absolute Gasteiger partial charge is 0.163 e. The van der Waals surface area contributed by atoms with E-state index < -0.39 is 36.1 Å². The fourth-order valence-corrected chi connectivity index (χ4v) is 2.21. The van der Waals surface area contributed by atoms with E-state index in [4.69, 9.17) is 21.3 Å². The summed E-state index contributed by atoms with van der Waals surface area (Å²) in [7, 11) is 0. The van der Waals surface area contributed by atoms with Gasteiger partial charge in [0, 0.05) is 21.2 Å². The van der Waals surface area contributed by atoms with Crippen molar-refractivity contribution in [1.82, 2.24) is 0 Å². The van der Waals surface area contributed by atoms with Crippen molar-refractivity contribution >= 4 is 0 Å². The molecule has 1 saturated heterocycles. The van der Waals surface area contributed by atoms with Crippen molar-refractivity contribution in [3.05, 3.63) is 31.3 Å². The third-order valence-corrected chi connectivity index (χ3v) is 3.16. The molecule has 0 amide bonds. The molecule has 0 spiro atoms. The highest BCUT2D eigenvalue weighted by molar-refractivity contribution is 5.01. The monoisotopic (exact) mass is 297 g/mol. The van der Waals surface area contributed by atoms with Crippen LogP contribution >= 0.6 is 0 Å². The molecule has 21 heavy (non-hydrogen) atoms. The Balaban J connectivity index is 3.18. The second kappa shape index (κ2) is 7.00. The number of hydrogen-bond acceptors (Lipinski definition) is 6. The Hall–Kier alpha value is -2.19. The van der Waals surface area contributed by atoms with Crippen LogP contribution in [-0.2, 0) is 4.74 Å². The minimum atomic E-state index is -1.68. The van der Waals surface area contributed by atoms with Crippen molar-refractivity contribution in [2.24, 2.45) is 15.3 Å². The summed E-state index contributed by atoms with van der Waals surface area (Å²) in [5, 5.41) is 30.5. The Labute approximate surface area is 119 Å².